The van der Waals surface area contributed by atoms with Crippen LogP contribution in [0.5, 0.6) is 0 Å². The number of nitrogens with zero attached hydrogens (tertiary/aromatic N) is 1. The molecule has 0 aromatic carbocycles. The first-order valence-electron chi connectivity index (χ1n) is 5.27. The Kier molecular flexibility index (Phi) is 1.87. The molecule has 86 valence electrons. The van der Waals surface area contributed by atoms with Crippen LogP contribution in [-0.2, 0) is 11.6 Å². The fraction of sp³-hybridized carbons (Fsp3) is 0.545. The van der Waals surface area contributed by atoms with Crippen molar-refractivity contribution in [3.8, 4) is 0 Å². The van der Waals surface area contributed by atoms with Gasteiger partial charge < -0.3 is 5.32 Å². The summed E-state index contributed by atoms with van der Waals surface area (Å²) in [6, 6.07) is 2.65. The Hall–Kier alpha value is -1.10. The average molecular weight is 228 g/mol. The first-order chi connectivity index (χ1) is 7.52. The molecule has 2 fully saturated rings. The third-order valence-corrected chi connectivity index (χ3v) is 3.66. The van der Waals surface area contributed by atoms with Crippen LogP contribution in [0.1, 0.15) is 17.7 Å². The van der Waals surface area contributed by atoms with E-state index in [1.165, 1.54) is 6.07 Å². The molecule has 1 aliphatic heterocycles. The molecule has 2 aliphatic rings. The summed E-state index contributed by atoms with van der Waals surface area (Å²) in [7, 11) is 0. The summed E-state index contributed by atoms with van der Waals surface area (Å²) in [5.41, 5.74) is 0.163. The number of piperidine rings is 1. The molecule has 0 bridgehead atoms. The van der Waals surface area contributed by atoms with Gasteiger partial charge in [-0.2, -0.15) is 13.2 Å². The molecule has 1 unspecified atom stereocenters. The lowest BCUT2D eigenvalue weighted by Gasteiger charge is -2.12. The van der Waals surface area contributed by atoms with Gasteiger partial charge in [-0.05, 0) is 31.0 Å². The number of rotatable bonds is 1. The minimum absolute atomic E-state index is 0.0319. The van der Waals surface area contributed by atoms with Gasteiger partial charge in [-0.1, -0.05) is 0 Å². The van der Waals surface area contributed by atoms with E-state index in [0.717, 1.165) is 37.5 Å². The Morgan fingerprint density at radius 2 is 2.19 bits per heavy atom. The van der Waals surface area contributed by atoms with E-state index >= 15 is 0 Å². The summed E-state index contributed by atoms with van der Waals surface area (Å²) in [6.07, 6.45) is -2.30. The Labute approximate surface area is 90.9 Å². The van der Waals surface area contributed by atoms with Crippen LogP contribution in [0.15, 0.2) is 18.3 Å². The summed E-state index contributed by atoms with van der Waals surface area (Å²) < 4.78 is 37.1. The highest BCUT2D eigenvalue weighted by atomic mass is 19.4. The van der Waals surface area contributed by atoms with Gasteiger partial charge in [0.15, 0.2) is 0 Å². The van der Waals surface area contributed by atoms with Gasteiger partial charge in [0.25, 0.3) is 0 Å². The minimum Gasteiger partial charge on any atom is -0.315 e. The molecule has 2 atom stereocenters. The number of alkyl halides is 3. The Morgan fingerprint density at radius 1 is 1.38 bits per heavy atom. The molecule has 1 saturated heterocycles. The van der Waals surface area contributed by atoms with Crippen molar-refractivity contribution < 1.29 is 13.2 Å². The van der Waals surface area contributed by atoms with Gasteiger partial charge in [-0.3, -0.25) is 4.98 Å². The lowest BCUT2D eigenvalue weighted by Crippen LogP contribution is -2.20. The number of halogens is 3. The van der Waals surface area contributed by atoms with Crippen LogP contribution in [0.3, 0.4) is 0 Å². The van der Waals surface area contributed by atoms with Gasteiger partial charge >= 0.3 is 6.18 Å². The number of aromatic nitrogens is 1. The zero-order valence-electron chi connectivity index (χ0n) is 8.51. The van der Waals surface area contributed by atoms with Crippen LogP contribution in [-0.4, -0.2) is 18.1 Å². The van der Waals surface area contributed by atoms with Crippen molar-refractivity contribution in [1.29, 1.82) is 0 Å². The molecule has 2 heterocycles. The minimum atomic E-state index is -4.29. The van der Waals surface area contributed by atoms with E-state index in [-0.39, 0.29) is 5.41 Å². The highest BCUT2D eigenvalue weighted by Gasteiger charge is 2.59. The first kappa shape index (κ1) is 10.1. The molecule has 5 heteroatoms. The van der Waals surface area contributed by atoms with E-state index in [1.54, 1.807) is 0 Å². The maximum atomic E-state index is 12.4. The van der Waals surface area contributed by atoms with Crippen molar-refractivity contribution in [2.45, 2.75) is 18.0 Å². The molecule has 2 nitrogen and oxygen atoms in total. The normalized spacial score (nSPS) is 32.6. The predicted octanol–water partition coefficient (Wildman–Crippen LogP) is 1.96. The molecule has 1 aromatic rings. The van der Waals surface area contributed by atoms with Crippen LogP contribution in [0.2, 0.25) is 0 Å². The summed E-state index contributed by atoms with van der Waals surface area (Å²) in [4.78, 5) is 3.98. The number of nitrogens with one attached hydrogen (secondary N) is 1. The molecule has 16 heavy (non-hydrogen) atoms. The van der Waals surface area contributed by atoms with Crippen LogP contribution < -0.4 is 5.32 Å². The molecular formula is C11H11F3N2. The number of pyridine rings is 1. The maximum absolute atomic E-state index is 12.4. The maximum Gasteiger partial charge on any atom is 0.417 e. The second-order valence-corrected chi connectivity index (χ2v) is 4.62. The van der Waals surface area contributed by atoms with Crippen LogP contribution in [0.25, 0.3) is 0 Å². The second kappa shape index (κ2) is 2.97. The monoisotopic (exact) mass is 228 g/mol. The van der Waals surface area contributed by atoms with Crippen molar-refractivity contribution >= 4 is 0 Å². The smallest absolute Gasteiger partial charge is 0.315 e. The van der Waals surface area contributed by atoms with Crippen molar-refractivity contribution in [3.05, 3.63) is 29.6 Å². The number of fused-ring (bicyclic) bond motifs is 1. The summed E-state index contributed by atoms with van der Waals surface area (Å²) in [5, 5.41) is 3.24. The lowest BCUT2D eigenvalue weighted by atomic mass is 10.0. The fourth-order valence-corrected chi connectivity index (χ4v) is 2.59. The highest BCUT2D eigenvalue weighted by molar-refractivity contribution is 5.33. The number of hydrogen-bond acceptors (Lipinski definition) is 2. The molecule has 1 saturated carbocycles. The third kappa shape index (κ3) is 1.34. The predicted molar refractivity (Wildman–Crippen MR) is 51.9 cm³/mol. The molecule has 0 spiro atoms. The Bertz CT molecular complexity index is 412. The molecule has 0 amide bonds. The Morgan fingerprint density at radius 3 is 2.62 bits per heavy atom. The summed E-state index contributed by atoms with van der Waals surface area (Å²) in [5.74, 6) is 0.566. The molecule has 0 radical (unpaired) electrons. The van der Waals surface area contributed by atoms with E-state index in [0.29, 0.717) is 5.92 Å². The van der Waals surface area contributed by atoms with Gasteiger partial charge in [-0.15, -0.1) is 0 Å². The fourth-order valence-electron chi connectivity index (χ4n) is 2.59. The van der Waals surface area contributed by atoms with Gasteiger partial charge in [0.2, 0.25) is 0 Å². The largest absolute Gasteiger partial charge is 0.417 e. The molecule has 1 aromatic heterocycles. The average Bonchev–Trinajstić information content (AvgIpc) is 2.81. The van der Waals surface area contributed by atoms with Gasteiger partial charge in [0.05, 0.1) is 5.56 Å². The second-order valence-electron chi connectivity index (χ2n) is 4.62. The summed E-state index contributed by atoms with van der Waals surface area (Å²) in [6.45, 7) is 1.80. The topological polar surface area (TPSA) is 24.9 Å². The molecule has 1 aliphatic carbocycles. The SMILES string of the molecule is FC(F)(F)c1ccc(C23CNC[C@H]2C3)nc1. The zero-order valence-corrected chi connectivity index (χ0v) is 8.51. The van der Waals surface area contributed by atoms with E-state index < -0.39 is 11.7 Å². The van der Waals surface area contributed by atoms with Crippen molar-refractivity contribution in [2.24, 2.45) is 5.92 Å². The standard InChI is InChI=1S/C11H11F3N2/c12-11(13,14)7-1-2-9(16-5-7)10-3-8(10)4-15-6-10/h1-2,5,8,15H,3-4,6H2/t8-,10?/m1/s1. The number of hydrogen-bond donors (Lipinski definition) is 1. The van der Waals surface area contributed by atoms with Gasteiger partial charge in [-0.25, -0.2) is 0 Å². The van der Waals surface area contributed by atoms with Crippen molar-refractivity contribution in [2.75, 3.05) is 13.1 Å². The van der Waals surface area contributed by atoms with Crippen LogP contribution in [0, 0.1) is 5.92 Å². The Balaban J connectivity index is 1.89. The molecular weight excluding hydrogens is 217 g/mol. The molecule has 3 rings (SSSR count). The molecule has 1 N–H and O–H groups in total. The third-order valence-electron chi connectivity index (χ3n) is 3.66. The van der Waals surface area contributed by atoms with Crippen molar-refractivity contribution in [1.82, 2.24) is 10.3 Å². The lowest BCUT2D eigenvalue weighted by molar-refractivity contribution is -0.137. The first-order valence-corrected chi connectivity index (χ1v) is 5.27. The van der Waals surface area contributed by atoms with E-state index in [1.807, 2.05) is 0 Å². The summed E-state index contributed by atoms with van der Waals surface area (Å²) >= 11 is 0. The van der Waals surface area contributed by atoms with E-state index in [4.69, 9.17) is 0 Å². The van der Waals surface area contributed by atoms with E-state index in [9.17, 15) is 13.2 Å². The van der Waals surface area contributed by atoms with Gasteiger partial charge in [0.1, 0.15) is 0 Å². The van der Waals surface area contributed by atoms with Crippen LogP contribution >= 0.6 is 0 Å². The van der Waals surface area contributed by atoms with Crippen molar-refractivity contribution in [3.63, 3.8) is 0 Å². The highest BCUT2D eigenvalue weighted by Crippen LogP contribution is 2.55. The van der Waals surface area contributed by atoms with Gasteiger partial charge in [0, 0.05) is 23.9 Å². The quantitative estimate of drug-likeness (QED) is 0.794. The van der Waals surface area contributed by atoms with E-state index in [2.05, 4.69) is 10.3 Å². The zero-order chi connectivity index (χ0) is 11.4. The van der Waals surface area contributed by atoms with Crippen LogP contribution in [0.4, 0.5) is 13.2 Å².